The van der Waals surface area contributed by atoms with Gasteiger partial charge in [-0.25, -0.2) is 9.79 Å². The number of esters is 2. The SMILES string of the molecule is COC1(N=Cc2ccc([N+](=O)[O-])cc2)C(=O)N2C(C(=O)OC(c3ccccc3)c3ccccc3)=C(C(CC(=O)OC(c3ccccc3)c3ccccc3)Sc3nn[nH]n3)CS[C@H]21. The molecule has 62 heavy (non-hydrogen) atoms. The molecule has 3 atom stereocenters. The summed E-state index contributed by atoms with van der Waals surface area (Å²) in [5, 5.41) is 24.2. The largest absolute Gasteiger partial charge is 0.452 e. The molecule has 0 aliphatic carbocycles. The first-order valence-corrected chi connectivity index (χ1v) is 21.2. The van der Waals surface area contributed by atoms with Gasteiger partial charge in [0.2, 0.25) is 5.16 Å². The Balaban J connectivity index is 1.19. The van der Waals surface area contributed by atoms with E-state index in [1.54, 1.807) is 0 Å². The number of hydrogen-bond donors (Lipinski definition) is 1. The molecule has 0 saturated carbocycles. The lowest BCUT2D eigenvalue weighted by Crippen LogP contribution is -2.73. The van der Waals surface area contributed by atoms with Gasteiger partial charge in [-0.15, -0.1) is 22.0 Å². The summed E-state index contributed by atoms with van der Waals surface area (Å²) in [6.45, 7) is 0. The smallest absolute Gasteiger partial charge is 0.356 e. The first kappa shape index (κ1) is 41.8. The summed E-state index contributed by atoms with van der Waals surface area (Å²) in [6, 6.07) is 42.9. The quantitative estimate of drug-likeness (QED) is 0.0256. The molecule has 3 heterocycles. The standard InChI is InChI=1S/C45H37N7O8S2/c1-58-45(46-27-29-22-24-34(25-23-29)52(56)57)42(55)51-38(41(54)60-40(32-18-10-4-11-19-32)33-20-12-5-13-21-33)35(28-61-43(45)51)36(62-44-47-49-50-48-44)26-37(53)59-39(30-14-6-2-7-15-30)31-16-8-3-9-17-31/h2-25,27,36,39-40,43H,26,28H2,1H3,(H,47,48,49,50)/t36?,43-,45?/m0/s1. The number of carbonyl (C=O) groups is 3. The first-order valence-electron chi connectivity index (χ1n) is 19.3. The van der Waals surface area contributed by atoms with Gasteiger partial charge < -0.3 is 14.2 Å². The molecule has 312 valence electrons. The Bertz CT molecular complexity index is 2510. The average molecular weight is 868 g/mol. The number of non-ortho nitro benzene ring substituents is 1. The number of nitrogens with one attached hydrogen (secondary N) is 1. The number of methoxy groups -OCH3 is 1. The lowest BCUT2D eigenvalue weighted by molar-refractivity contribution is -0.384. The number of hydrogen-bond acceptors (Lipinski definition) is 14. The van der Waals surface area contributed by atoms with Crippen molar-refractivity contribution in [3.8, 4) is 0 Å². The van der Waals surface area contributed by atoms with Crippen LogP contribution in [0.1, 0.15) is 46.4 Å². The van der Waals surface area contributed by atoms with Crippen LogP contribution in [-0.4, -0.2) is 83.7 Å². The first-order chi connectivity index (χ1) is 30.3. The van der Waals surface area contributed by atoms with E-state index >= 15 is 4.79 Å². The lowest BCUT2D eigenvalue weighted by Gasteiger charge is -2.54. The molecule has 0 radical (unpaired) electrons. The zero-order valence-electron chi connectivity index (χ0n) is 32.9. The number of benzene rings is 5. The number of tetrazole rings is 1. The molecule has 1 N–H and O–H groups in total. The monoisotopic (exact) mass is 867 g/mol. The maximum absolute atomic E-state index is 15.0. The van der Waals surface area contributed by atoms with E-state index in [1.807, 2.05) is 121 Å². The van der Waals surface area contributed by atoms with Gasteiger partial charge in [-0.1, -0.05) is 133 Å². The van der Waals surface area contributed by atoms with E-state index in [0.717, 1.165) is 22.9 Å². The third-order valence-electron chi connectivity index (χ3n) is 10.2. The zero-order chi connectivity index (χ0) is 43.1. The highest BCUT2D eigenvalue weighted by Crippen LogP contribution is 2.51. The van der Waals surface area contributed by atoms with Gasteiger partial charge in [0.15, 0.2) is 12.2 Å². The minimum absolute atomic E-state index is 0.0784. The summed E-state index contributed by atoms with van der Waals surface area (Å²) in [7, 11) is 1.35. The Hall–Kier alpha value is -6.95. The zero-order valence-corrected chi connectivity index (χ0v) is 34.6. The number of aromatic amines is 1. The predicted octanol–water partition coefficient (Wildman–Crippen LogP) is 7.26. The number of H-pyrrole nitrogens is 1. The van der Waals surface area contributed by atoms with Crippen LogP contribution >= 0.6 is 23.5 Å². The van der Waals surface area contributed by atoms with Crippen molar-refractivity contribution in [1.29, 1.82) is 0 Å². The summed E-state index contributed by atoms with van der Waals surface area (Å²) in [5.74, 6) is -1.94. The molecule has 1 aromatic heterocycles. The topological polar surface area (TPSA) is 192 Å². The predicted molar refractivity (Wildman–Crippen MR) is 231 cm³/mol. The number of thioether (sulfide) groups is 2. The van der Waals surface area contributed by atoms with Crippen LogP contribution in [0.2, 0.25) is 0 Å². The number of β-lactam (4-membered cyclic amide) rings is 1. The minimum atomic E-state index is -1.77. The van der Waals surface area contributed by atoms with E-state index in [-0.39, 0.29) is 28.7 Å². The Morgan fingerprint density at radius 3 is 1.89 bits per heavy atom. The van der Waals surface area contributed by atoms with Gasteiger partial charge in [0.25, 0.3) is 17.3 Å². The normalized spacial score (nSPS) is 17.8. The number of nitro benzene ring substituents is 1. The van der Waals surface area contributed by atoms with Crippen molar-refractivity contribution >= 4 is 53.3 Å². The summed E-state index contributed by atoms with van der Waals surface area (Å²) < 4.78 is 18.5. The van der Waals surface area contributed by atoms with E-state index in [1.165, 1.54) is 54.3 Å². The number of nitro groups is 1. The van der Waals surface area contributed by atoms with Gasteiger partial charge in [0.1, 0.15) is 11.1 Å². The van der Waals surface area contributed by atoms with Crippen LogP contribution in [0.3, 0.4) is 0 Å². The molecule has 6 aromatic rings. The molecule has 2 aliphatic heterocycles. The maximum Gasteiger partial charge on any atom is 0.356 e. The number of aliphatic imine (C=N–C) groups is 1. The minimum Gasteiger partial charge on any atom is -0.452 e. The molecule has 1 saturated heterocycles. The number of fused-ring (bicyclic) bond motifs is 1. The fourth-order valence-corrected chi connectivity index (χ4v) is 9.81. The van der Waals surface area contributed by atoms with E-state index < -0.39 is 51.3 Å². The summed E-state index contributed by atoms with van der Waals surface area (Å²) in [6.07, 6.45) is -0.471. The Kier molecular flexibility index (Phi) is 12.6. The van der Waals surface area contributed by atoms with Gasteiger partial charge in [0.05, 0.1) is 11.3 Å². The second-order valence-electron chi connectivity index (χ2n) is 14.0. The second kappa shape index (κ2) is 18.8. The van der Waals surface area contributed by atoms with Gasteiger partial charge >= 0.3 is 11.9 Å². The number of aromatic nitrogens is 4. The molecular weight excluding hydrogens is 831 g/mol. The van der Waals surface area contributed by atoms with Crippen LogP contribution in [0.4, 0.5) is 5.69 Å². The van der Waals surface area contributed by atoms with Crippen molar-refractivity contribution in [2.45, 2.75) is 40.1 Å². The fourth-order valence-electron chi connectivity index (χ4n) is 7.21. The number of carbonyl (C=O) groups excluding carboxylic acids is 3. The Morgan fingerprint density at radius 1 is 0.871 bits per heavy atom. The van der Waals surface area contributed by atoms with E-state index in [9.17, 15) is 19.7 Å². The van der Waals surface area contributed by atoms with Crippen molar-refractivity contribution in [3.63, 3.8) is 0 Å². The molecule has 0 spiro atoms. The second-order valence-corrected chi connectivity index (χ2v) is 16.3. The molecule has 1 amide bonds. The number of nitrogens with zero attached hydrogens (tertiary/aromatic N) is 6. The molecule has 5 aromatic carbocycles. The van der Waals surface area contributed by atoms with E-state index in [0.29, 0.717) is 22.3 Å². The number of rotatable bonds is 16. The highest BCUT2D eigenvalue weighted by Gasteiger charge is 2.66. The molecule has 8 rings (SSSR count). The molecule has 17 heteroatoms. The Morgan fingerprint density at radius 2 is 1.40 bits per heavy atom. The molecule has 2 aliphatic rings. The summed E-state index contributed by atoms with van der Waals surface area (Å²) in [5.41, 5.74) is 1.85. The lowest BCUT2D eigenvalue weighted by atomic mass is 9.96. The van der Waals surface area contributed by atoms with Crippen LogP contribution < -0.4 is 0 Å². The van der Waals surface area contributed by atoms with Gasteiger partial charge in [-0.05, 0) is 50.7 Å². The van der Waals surface area contributed by atoms with Gasteiger partial charge in [-0.3, -0.25) is 24.6 Å². The van der Waals surface area contributed by atoms with Crippen molar-refractivity contribution in [3.05, 3.63) is 195 Å². The summed E-state index contributed by atoms with van der Waals surface area (Å²) >= 11 is 2.37. The van der Waals surface area contributed by atoms with E-state index in [4.69, 9.17) is 14.2 Å². The summed E-state index contributed by atoms with van der Waals surface area (Å²) in [4.78, 5) is 60.5. The molecular formula is C45H37N7O8S2. The third kappa shape index (κ3) is 8.77. The fraction of sp³-hybridized carbons (Fsp3) is 0.178. The van der Waals surface area contributed by atoms with Crippen molar-refractivity contribution in [2.24, 2.45) is 4.99 Å². The van der Waals surface area contributed by atoms with Crippen LogP contribution in [0.25, 0.3) is 0 Å². The van der Waals surface area contributed by atoms with E-state index in [2.05, 4.69) is 25.6 Å². The molecule has 15 nitrogen and oxygen atoms in total. The maximum atomic E-state index is 15.0. The highest BCUT2D eigenvalue weighted by atomic mass is 32.2. The molecule has 0 bridgehead atoms. The highest BCUT2D eigenvalue weighted by molar-refractivity contribution is 8.01. The van der Waals surface area contributed by atoms with Crippen LogP contribution in [0, 0.1) is 10.1 Å². The van der Waals surface area contributed by atoms with Crippen molar-refractivity contribution in [2.75, 3.05) is 12.9 Å². The van der Waals surface area contributed by atoms with Crippen molar-refractivity contribution in [1.82, 2.24) is 25.5 Å². The number of amides is 1. The van der Waals surface area contributed by atoms with Crippen LogP contribution in [0.15, 0.2) is 167 Å². The molecule has 1 fully saturated rings. The van der Waals surface area contributed by atoms with Gasteiger partial charge in [-0.2, -0.15) is 5.21 Å². The Labute approximate surface area is 363 Å². The molecule has 2 unspecified atom stereocenters. The van der Waals surface area contributed by atoms with Gasteiger partial charge in [0, 0.05) is 36.5 Å². The number of ether oxygens (including phenoxy) is 3. The van der Waals surface area contributed by atoms with Crippen molar-refractivity contribution < 1.29 is 33.5 Å². The van der Waals surface area contributed by atoms with Crippen LogP contribution in [0.5, 0.6) is 0 Å². The van der Waals surface area contributed by atoms with Crippen LogP contribution in [-0.2, 0) is 28.6 Å². The average Bonchev–Trinajstić information content (AvgIpc) is 3.84. The third-order valence-corrected chi connectivity index (χ3v) is 12.7.